The van der Waals surface area contributed by atoms with Gasteiger partial charge < -0.3 is 9.73 Å². The highest BCUT2D eigenvalue weighted by Gasteiger charge is 2.28. The summed E-state index contributed by atoms with van der Waals surface area (Å²) >= 11 is 0. The molecule has 2 aromatic carbocycles. The van der Waals surface area contributed by atoms with Crippen LogP contribution in [0.1, 0.15) is 5.56 Å². The summed E-state index contributed by atoms with van der Waals surface area (Å²) in [6.07, 6.45) is 0. The van der Waals surface area contributed by atoms with Crippen LogP contribution in [0.5, 0.6) is 0 Å². The first-order valence-corrected chi connectivity index (χ1v) is 11.4. The van der Waals surface area contributed by atoms with Gasteiger partial charge in [0.05, 0.1) is 11.4 Å². The zero-order valence-corrected chi connectivity index (χ0v) is 17.9. The zero-order valence-electron chi connectivity index (χ0n) is 17.1. The number of carbonyl (C=O) groups excluding carboxylic acids is 1. The van der Waals surface area contributed by atoms with Crippen LogP contribution in [0, 0.1) is 6.92 Å². The van der Waals surface area contributed by atoms with Gasteiger partial charge in [-0.15, -0.1) is 0 Å². The van der Waals surface area contributed by atoms with Gasteiger partial charge in [-0.05, 0) is 36.8 Å². The standard InChI is InChI=1S/C22H23N3O5S/c1-16-13-22(27)30-20-14-17(7-8-19(16)20)23-21(26)15-24-9-11-25(12-10-24)31(28,29)18-5-3-2-4-6-18/h2-8,13-14H,9-12,15H2,1H3,(H,23,26). The predicted octanol–water partition coefficient (Wildman–Crippen LogP) is 2.05. The molecule has 1 aliphatic heterocycles. The zero-order chi connectivity index (χ0) is 22.0. The van der Waals surface area contributed by atoms with E-state index in [9.17, 15) is 18.0 Å². The Morgan fingerprint density at radius 2 is 1.74 bits per heavy atom. The van der Waals surface area contributed by atoms with Gasteiger partial charge in [0.25, 0.3) is 0 Å². The number of nitrogens with one attached hydrogen (secondary N) is 1. The molecular formula is C22H23N3O5S. The molecular weight excluding hydrogens is 418 g/mol. The highest BCUT2D eigenvalue weighted by atomic mass is 32.2. The quantitative estimate of drug-likeness (QED) is 0.609. The fourth-order valence-corrected chi connectivity index (χ4v) is 5.12. The largest absolute Gasteiger partial charge is 0.423 e. The summed E-state index contributed by atoms with van der Waals surface area (Å²) in [6, 6.07) is 15.0. The molecule has 0 atom stereocenters. The van der Waals surface area contributed by atoms with Gasteiger partial charge in [0, 0.05) is 49.4 Å². The normalized spacial score (nSPS) is 15.8. The molecule has 0 bridgehead atoms. The molecule has 1 N–H and O–H groups in total. The maximum atomic E-state index is 12.7. The van der Waals surface area contributed by atoms with Gasteiger partial charge in [0.15, 0.2) is 0 Å². The van der Waals surface area contributed by atoms with Crippen LogP contribution in [0.2, 0.25) is 0 Å². The number of amides is 1. The smallest absolute Gasteiger partial charge is 0.336 e. The fourth-order valence-electron chi connectivity index (χ4n) is 3.68. The molecule has 1 saturated heterocycles. The lowest BCUT2D eigenvalue weighted by Crippen LogP contribution is -2.50. The first kappa shape index (κ1) is 21.2. The molecule has 1 aromatic heterocycles. The Labute approximate surface area is 180 Å². The van der Waals surface area contributed by atoms with E-state index in [1.807, 2.05) is 11.8 Å². The molecule has 1 aliphatic rings. The number of nitrogens with zero attached hydrogens (tertiary/aromatic N) is 2. The summed E-state index contributed by atoms with van der Waals surface area (Å²) in [5, 5.41) is 3.63. The molecule has 2 heterocycles. The number of piperazine rings is 1. The lowest BCUT2D eigenvalue weighted by Gasteiger charge is -2.33. The second kappa shape index (κ2) is 8.62. The highest BCUT2D eigenvalue weighted by Crippen LogP contribution is 2.21. The molecule has 1 amide bonds. The lowest BCUT2D eigenvalue weighted by atomic mass is 10.1. The third-order valence-electron chi connectivity index (χ3n) is 5.31. The minimum absolute atomic E-state index is 0.148. The molecule has 0 saturated carbocycles. The monoisotopic (exact) mass is 441 g/mol. The van der Waals surface area contributed by atoms with Gasteiger partial charge >= 0.3 is 5.63 Å². The van der Waals surface area contributed by atoms with Crippen LogP contribution in [-0.2, 0) is 14.8 Å². The number of hydrogen-bond donors (Lipinski definition) is 1. The molecule has 0 spiro atoms. The maximum Gasteiger partial charge on any atom is 0.336 e. The van der Waals surface area contributed by atoms with Crippen molar-refractivity contribution < 1.29 is 17.6 Å². The second-order valence-corrected chi connectivity index (χ2v) is 9.44. The average Bonchev–Trinajstić information content (AvgIpc) is 2.74. The third kappa shape index (κ3) is 4.68. The topological polar surface area (TPSA) is 99.9 Å². The Kier molecular flexibility index (Phi) is 5.90. The van der Waals surface area contributed by atoms with Crippen LogP contribution in [-0.4, -0.2) is 56.3 Å². The summed E-state index contributed by atoms with van der Waals surface area (Å²) in [6.45, 7) is 3.55. The van der Waals surface area contributed by atoms with Crippen molar-refractivity contribution in [2.24, 2.45) is 0 Å². The fraction of sp³-hybridized carbons (Fsp3) is 0.273. The van der Waals surface area contributed by atoms with E-state index >= 15 is 0 Å². The van der Waals surface area contributed by atoms with Crippen molar-refractivity contribution in [1.82, 2.24) is 9.21 Å². The number of benzene rings is 2. The van der Waals surface area contributed by atoms with E-state index in [2.05, 4.69) is 5.32 Å². The van der Waals surface area contributed by atoms with Crippen molar-refractivity contribution in [3.8, 4) is 0 Å². The van der Waals surface area contributed by atoms with Gasteiger partial charge in [-0.1, -0.05) is 18.2 Å². The average molecular weight is 442 g/mol. The van der Waals surface area contributed by atoms with E-state index in [-0.39, 0.29) is 17.3 Å². The minimum Gasteiger partial charge on any atom is -0.423 e. The van der Waals surface area contributed by atoms with Gasteiger partial charge in [-0.2, -0.15) is 4.31 Å². The molecule has 162 valence electrons. The van der Waals surface area contributed by atoms with E-state index in [0.29, 0.717) is 37.4 Å². The van der Waals surface area contributed by atoms with Gasteiger partial charge in [0.1, 0.15) is 5.58 Å². The summed E-state index contributed by atoms with van der Waals surface area (Å²) in [5.74, 6) is -0.214. The van der Waals surface area contributed by atoms with E-state index < -0.39 is 15.6 Å². The molecule has 1 fully saturated rings. The van der Waals surface area contributed by atoms with E-state index in [0.717, 1.165) is 10.9 Å². The molecule has 31 heavy (non-hydrogen) atoms. The highest BCUT2D eigenvalue weighted by molar-refractivity contribution is 7.89. The Morgan fingerprint density at radius 1 is 1.03 bits per heavy atom. The van der Waals surface area contributed by atoms with Gasteiger partial charge in [0.2, 0.25) is 15.9 Å². The number of anilines is 1. The first-order chi connectivity index (χ1) is 14.8. The summed E-state index contributed by atoms with van der Waals surface area (Å²) in [4.78, 5) is 26.2. The Hall–Kier alpha value is -3.01. The van der Waals surface area contributed by atoms with Gasteiger partial charge in [-0.25, -0.2) is 13.2 Å². The number of fused-ring (bicyclic) bond motifs is 1. The van der Waals surface area contributed by atoms with Crippen molar-refractivity contribution in [2.75, 3.05) is 38.0 Å². The van der Waals surface area contributed by atoms with Crippen LogP contribution >= 0.6 is 0 Å². The van der Waals surface area contributed by atoms with Crippen molar-refractivity contribution in [3.63, 3.8) is 0 Å². The number of sulfonamides is 1. The van der Waals surface area contributed by atoms with Crippen LogP contribution in [0.4, 0.5) is 5.69 Å². The molecule has 0 radical (unpaired) electrons. The third-order valence-corrected chi connectivity index (χ3v) is 7.23. The number of rotatable bonds is 5. The molecule has 3 aromatic rings. The Balaban J connectivity index is 1.35. The number of aryl methyl sites for hydroxylation is 1. The van der Waals surface area contributed by atoms with Crippen LogP contribution in [0.25, 0.3) is 11.0 Å². The predicted molar refractivity (Wildman–Crippen MR) is 117 cm³/mol. The number of hydrogen-bond acceptors (Lipinski definition) is 6. The minimum atomic E-state index is -3.52. The summed E-state index contributed by atoms with van der Waals surface area (Å²) < 4.78 is 32.1. The number of carbonyl (C=O) groups is 1. The molecule has 8 nitrogen and oxygen atoms in total. The van der Waals surface area contributed by atoms with Crippen LogP contribution < -0.4 is 10.9 Å². The Morgan fingerprint density at radius 3 is 2.45 bits per heavy atom. The van der Waals surface area contributed by atoms with Crippen molar-refractivity contribution in [2.45, 2.75) is 11.8 Å². The SMILES string of the molecule is Cc1cc(=O)oc2cc(NC(=O)CN3CCN(S(=O)(=O)c4ccccc4)CC3)ccc12. The first-order valence-electron chi connectivity index (χ1n) is 9.95. The van der Waals surface area contributed by atoms with Crippen molar-refractivity contribution in [3.05, 3.63) is 70.6 Å². The van der Waals surface area contributed by atoms with Crippen molar-refractivity contribution >= 4 is 32.6 Å². The van der Waals surface area contributed by atoms with E-state index in [1.54, 1.807) is 48.5 Å². The molecule has 0 unspecified atom stereocenters. The molecule has 0 aliphatic carbocycles. The second-order valence-electron chi connectivity index (χ2n) is 7.50. The lowest BCUT2D eigenvalue weighted by molar-refractivity contribution is -0.117. The Bertz CT molecular complexity index is 1260. The van der Waals surface area contributed by atoms with Crippen molar-refractivity contribution in [1.29, 1.82) is 0 Å². The summed E-state index contributed by atoms with van der Waals surface area (Å²) in [5.41, 5.74) is 1.34. The van der Waals surface area contributed by atoms with E-state index in [1.165, 1.54) is 10.4 Å². The van der Waals surface area contributed by atoms with Crippen LogP contribution in [0.3, 0.4) is 0 Å². The van der Waals surface area contributed by atoms with E-state index in [4.69, 9.17) is 4.42 Å². The van der Waals surface area contributed by atoms with Crippen LogP contribution in [0.15, 0.2) is 68.7 Å². The maximum absolute atomic E-state index is 12.7. The molecule has 9 heteroatoms. The summed E-state index contributed by atoms with van der Waals surface area (Å²) in [7, 11) is -3.52. The molecule has 4 rings (SSSR count). The van der Waals surface area contributed by atoms with Gasteiger partial charge in [-0.3, -0.25) is 9.69 Å².